The third-order valence-corrected chi connectivity index (χ3v) is 9.15. The van der Waals surface area contributed by atoms with Gasteiger partial charge in [-0.15, -0.1) is 0 Å². The van der Waals surface area contributed by atoms with E-state index in [1.54, 1.807) is 26.0 Å². The predicted octanol–water partition coefficient (Wildman–Crippen LogP) is 3.02. The molecule has 3 atom stereocenters. The van der Waals surface area contributed by atoms with Crippen molar-refractivity contribution in [2.45, 2.75) is 73.0 Å². The average Bonchev–Trinajstić information content (AvgIpc) is 3.04. The van der Waals surface area contributed by atoms with Gasteiger partial charge in [-0.1, -0.05) is 11.6 Å². The summed E-state index contributed by atoms with van der Waals surface area (Å²) in [5.74, 6) is 0.463. The molecular formula is C24H30ClN3O6S2. The molecule has 196 valence electrons. The number of nitrogens with one attached hydrogen (secondary N) is 1. The van der Waals surface area contributed by atoms with E-state index in [-0.39, 0.29) is 44.6 Å². The molecule has 1 unspecified atom stereocenters. The Bertz CT molecular complexity index is 1360. The van der Waals surface area contributed by atoms with Crippen LogP contribution in [0.25, 0.3) is 0 Å². The Hall–Kier alpha value is -2.37. The van der Waals surface area contributed by atoms with Crippen molar-refractivity contribution in [1.82, 2.24) is 10.3 Å². The van der Waals surface area contributed by atoms with Crippen molar-refractivity contribution in [1.29, 1.82) is 0 Å². The van der Waals surface area contributed by atoms with E-state index < -0.39 is 25.3 Å². The third kappa shape index (κ3) is 5.63. The van der Waals surface area contributed by atoms with Crippen molar-refractivity contribution in [3.05, 3.63) is 41.6 Å². The molecular weight excluding hydrogens is 526 g/mol. The summed E-state index contributed by atoms with van der Waals surface area (Å²) in [6.45, 7) is 3.19. The summed E-state index contributed by atoms with van der Waals surface area (Å²) in [5, 5.41) is 3.34. The van der Waals surface area contributed by atoms with Crippen molar-refractivity contribution < 1.29 is 26.4 Å². The zero-order valence-corrected chi connectivity index (χ0v) is 23.0. The zero-order chi connectivity index (χ0) is 26.5. The highest BCUT2D eigenvalue weighted by Gasteiger charge is 2.43. The van der Waals surface area contributed by atoms with Gasteiger partial charge in [-0.25, -0.2) is 21.8 Å². The smallest absolute Gasteiger partial charge is 0.263 e. The Morgan fingerprint density at radius 2 is 1.69 bits per heavy atom. The molecule has 4 rings (SSSR count). The zero-order valence-electron chi connectivity index (χ0n) is 20.6. The number of fused-ring (bicyclic) bond motifs is 2. The number of hydrogen-bond donors (Lipinski definition) is 1. The average molecular weight is 556 g/mol. The molecule has 12 heteroatoms. The molecule has 3 heterocycles. The van der Waals surface area contributed by atoms with E-state index in [0.29, 0.717) is 12.8 Å². The van der Waals surface area contributed by atoms with Gasteiger partial charge in [0.05, 0.1) is 4.90 Å². The van der Waals surface area contributed by atoms with E-state index in [4.69, 9.17) is 16.3 Å². The number of anilines is 1. The molecule has 1 amide bonds. The van der Waals surface area contributed by atoms with E-state index in [9.17, 15) is 21.6 Å². The second-order valence-electron chi connectivity index (χ2n) is 10.0. The highest BCUT2D eigenvalue weighted by molar-refractivity contribution is 7.91. The Morgan fingerprint density at radius 1 is 1.06 bits per heavy atom. The molecule has 9 nitrogen and oxygen atoms in total. The lowest BCUT2D eigenvalue weighted by Gasteiger charge is -2.40. The molecule has 0 saturated carbocycles. The molecule has 1 N–H and O–H groups in total. The normalized spacial score (nSPS) is 22.4. The molecule has 1 aromatic carbocycles. The van der Waals surface area contributed by atoms with Gasteiger partial charge in [0.25, 0.3) is 5.91 Å². The first-order valence-electron chi connectivity index (χ1n) is 11.6. The number of rotatable bonds is 7. The van der Waals surface area contributed by atoms with Crippen LogP contribution in [0.1, 0.15) is 39.5 Å². The van der Waals surface area contributed by atoms with Crippen molar-refractivity contribution in [2.24, 2.45) is 0 Å². The molecule has 0 radical (unpaired) electrons. The molecule has 2 aliphatic rings. The van der Waals surface area contributed by atoms with Gasteiger partial charge in [0, 0.05) is 41.9 Å². The van der Waals surface area contributed by atoms with Crippen LogP contribution in [0, 0.1) is 0 Å². The molecule has 1 aromatic heterocycles. The number of carbonyl (C=O) groups is 1. The Balaban J connectivity index is 1.44. The maximum absolute atomic E-state index is 13.2. The van der Waals surface area contributed by atoms with Gasteiger partial charge in [-0.2, -0.15) is 0 Å². The fourth-order valence-electron chi connectivity index (χ4n) is 4.95. The van der Waals surface area contributed by atoms with E-state index >= 15 is 0 Å². The van der Waals surface area contributed by atoms with Crippen molar-refractivity contribution in [3.8, 4) is 5.75 Å². The molecule has 0 aliphatic carbocycles. The number of sulfone groups is 2. The lowest BCUT2D eigenvalue weighted by atomic mass is 9.96. The minimum absolute atomic E-state index is 0.0700. The van der Waals surface area contributed by atoms with Crippen LogP contribution in [-0.2, 0) is 24.5 Å². The van der Waals surface area contributed by atoms with Crippen LogP contribution in [0.4, 0.5) is 5.82 Å². The quantitative estimate of drug-likeness (QED) is 0.553. The van der Waals surface area contributed by atoms with Gasteiger partial charge < -0.3 is 15.0 Å². The first-order chi connectivity index (χ1) is 16.6. The fraction of sp³-hybridized carbons (Fsp3) is 0.500. The van der Waals surface area contributed by atoms with Gasteiger partial charge in [0.2, 0.25) is 0 Å². The second kappa shape index (κ2) is 9.50. The number of hydrogen-bond acceptors (Lipinski definition) is 8. The Kier molecular flexibility index (Phi) is 7.04. The highest BCUT2D eigenvalue weighted by Crippen LogP contribution is 2.39. The van der Waals surface area contributed by atoms with Crippen LogP contribution in [0.5, 0.6) is 5.75 Å². The number of benzene rings is 1. The molecule has 36 heavy (non-hydrogen) atoms. The van der Waals surface area contributed by atoms with E-state index in [1.165, 1.54) is 24.4 Å². The van der Waals surface area contributed by atoms with Crippen LogP contribution in [0.3, 0.4) is 0 Å². The molecule has 2 aliphatic heterocycles. The summed E-state index contributed by atoms with van der Waals surface area (Å²) in [5.41, 5.74) is -1.33. The van der Waals surface area contributed by atoms with Crippen LogP contribution in [-0.4, -0.2) is 64.0 Å². The van der Waals surface area contributed by atoms with Crippen LogP contribution < -0.4 is 15.0 Å². The van der Waals surface area contributed by atoms with E-state index in [0.717, 1.165) is 31.2 Å². The minimum Gasteiger partial charge on any atom is -0.477 e. The van der Waals surface area contributed by atoms with Crippen LogP contribution in [0.15, 0.2) is 46.3 Å². The van der Waals surface area contributed by atoms with E-state index in [2.05, 4.69) is 15.2 Å². The first kappa shape index (κ1) is 26.7. The molecule has 2 bridgehead atoms. The maximum Gasteiger partial charge on any atom is 0.263 e. The molecule has 0 spiro atoms. The van der Waals surface area contributed by atoms with Gasteiger partial charge >= 0.3 is 0 Å². The monoisotopic (exact) mass is 555 g/mol. The molecule has 2 fully saturated rings. The van der Waals surface area contributed by atoms with Crippen molar-refractivity contribution >= 4 is 43.0 Å². The lowest BCUT2D eigenvalue weighted by molar-refractivity contribution is -0.135. The largest absolute Gasteiger partial charge is 0.477 e. The highest BCUT2D eigenvalue weighted by atomic mass is 35.5. The van der Waals surface area contributed by atoms with Crippen LogP contribution in [0.2, 0.25) is 5.02 Å². The van der Waals surface area contributed by atoms with Crippen LogP contribution >= 0.6 is 11.6 Å². The third-order valence-electron chi connectivity index (χ3n) is 6.70. The maximum atomic E-state index is 13.2. The summed E-state index contributed by atoms with van der Waals surface area (Å²) in [4.78, 5) is 19.9. The molecule has 2 saturated heterocycles. The summed E-state index contributed by atoms with van der Waals surface area (Å²) < 4.78 is 53.8. The van der Waals surface area contributed by atoms with Gasteiger partial charge in [0.1, 0.15) is 16.5 Å². The summed E-state index contributed by atoms with van der Waals surface area (Å²) in [7, 11) is -6.93. The van der Waals surface area contributed by atoms with Gasteiger partial charge in [-0.3, -0.25) is 4.79 Å². The lowest BCUT2D eigenvalue weighted by Crippen LogP contribution is -2.55. The number of pyridine rings is 1. The molecule has 2 aromatic rings. The SMILES string of the molecule is CC(C)(Oc1ccc(Cl)cc1S(C)(=O)=O)C(=O)NC1C[C@H]2CC[C@@H](C1)N2c1ccc(S(C)(=O)=O)cn1. The number of halogens is 1. The first-order valence-corrected chi connectivity index (χ1v) is 15.8. The number of piperidine rings is 1. The second-order valence-corrected chi connectivity index (χ2v) is 14.5. The number of nitrogens with zero attached hydrogens (tertiary/aromatic N) is 2. The Morgan fingerprint density at radius 3 is 2.22 bits per heavy atom. The van der Waals surface area contributed by atoms with Gasteiger partial charge in [0.15, 0.2) is 25.3 Å². The summed E-state index contributed by atoms with van der Waals surface area (Å²) >= 11 is 5.97. The predicted molar refractivity (Wildman–Crippen MR) is 137 cm³/mol. The van der Waals surface area contributed by atoms with Crippen molar-refractivity contribution in [2.75, 3.05) is 17.4 Å². The number of amides is 1. The number of ether oxygens (including phenoxy) is 1. The Labute approximate surface area is 217 Å². The van der Waals surface area contributed by atoms with Gasteiger partial charge in [-0.05, 0) is 69.9 Å². The summed E-state index contributed by atoms with van der Waals surface area (Å²) in [6, 6.07) is 7.85. The summed E-state index contributed by atoms with van der Waals surface area (Å²) in [6.07, 6.45) is 6.93. The minimum atomic E-state index is -3.62. The topological polar surface area (TPSA) is 123 Å². The van der Waals surface area contributed by atoms with E-state index in [1.807, 2.05) is 0 Å². The number of carbonyl (C=O) groups excluding carboxylic acids is 1. The number of aromatic nitrogens is 1. The standard InChI is InChI=1S/C24H30ClN3O6S2/c1-24(2,34-20-9-5-15(25)11-21(20)36(4,32)33)23(29)27-16-12-17-6-7-18(13-16)28(17)22-10-8-19(14-26-22)35(3,30)31/h5,8-11,14,16-18H,6-7,12-13H2,1-4H3,(H,27,29)/t16?,17-,18+. The van der Waals surface area contributed by atoms with Crippen molar-refractivity contribution in [3.63, 3.8) is 0 Å². The fourth-order valence-corrected chi connectivity index (χ4v) is 6.56.